The molecule has 6 nitrogen and oxygen atoms in total. The lowest BCUT2D eigenvalue weighted by Crippen LogP contribution is -2.35. The number of allylic oxidation sites excluding steroid dienone is 2. The molecular weight excluding hydrogens is 332 g/mol. The van der Waals surface area contributed by atoms with Crippen molar-refractivity contribution in [3.8, 4) is 17.2 Å². The summed E-state index contributed by atoms with van der Waals surface area (Å²) < 4.78 is 11.3. The summed E-state index contributed by atoms with van der Waals surface area (Å²) >= 11 is 0. The highest BCUT2D eigenvalue weighted by atomic mass is 16.7. The molecule has 0 aliphatic heterocycles. The summed E-state index contributed by atoms with van der Waals surface area (Å²) in [5.41, 5.74) is 1.37. The van der Waals surface area contributed by atoms with Crippen LogP contribution in [0, 0.1) is 0 Å². The number of rotatable bonds is 9. The highest BCUT2D eigenvalue weighted by Gasteiger charge is 2.19. The van der Waals surface area contributed by atoms with E-state index in [1.165, 1.54) is 5.06 Å². The summed E-state index contributed by atoms with van der Waals surface area (Å²) in [5.74, 6) is 1.13. The largest absolute Gasteiger partial charge is 0.473 e. The van der Waals surface area contributed by atoms with Crippen molar-refractivity contribution in [3.05, 3.63) is 48.0 Å². The number of aromatic nitrogens is 1. The second kappa shape index (κ2) is 9.20. The highest BCUT2D eigenvalue weighted by molar-refractivity contribution is 5.63. The van der Waals surface area contributed by atoms with Gasteiger partial charge in [0.15, 0.2) is 5.76 Å². The molecule has 2 rings (SSSR count). The number of ether oxygens (including phenoxy) is 1. The zero-order chi connectivity index (χ0) is 19.0. The molecular formula is C20H26N2O4. The van der Waals surface area contributed by atoms with Gasteiger partial charge in [0, 0.05) is 5.56 Å². The first-order chi connectivity index (χ1) is 12.4. The van der Waals surface area contributed by atoms with E-state index < -0.39 is 5.60 Å². The molecule has 0 fully saturated rings. The molecule has 0 aliphatic rings. The van der Waals surface area contributed by atoms with Crippen molar-refractivity contribution in [2.45, 2.75) is 39.7 Å². The lowest BCUT2D eigenvalue weighted by molar-refractivity contribution is -0.217. The van der Waals surface area contributed by atoms with E-state index in [2.05, 4.69) is 5.16 Å². The molecule has 1 heterocycles. The molecule has 0 atom stereocenters. The number of amides is 1. The van der Waals surface area contributed by atoms with Crippen LogP contribution in [0.5, 0.6) is 5.88 Å². The fourth-order valence-corrected chi connectivity index (χ4v) is 2.34. The third-order valence-corrected chi connectivity index (χ3v) is 3.40. The number of hydrogen-bond donors (Lipinski definition) is 0. The van der Waals surface area contributed by atoms with Gasteiger partial charge in [0.2, 0.25) is 6.41 Å². The summed E-state index contributed by atoms with van der Waals surface area (Å²) in [4.78, 5) is 16.6. The van der Waals surface area contributed by atoms with Crippen molar-refractivity contribution < 1.29 is 18.9 Å². The first-order valence-corrected chi connectivity index (χ1v) is 8.63. The molecule has 140 valence electrons. The van der Waals surface area contributed by atoms with Crippen LogP contribution in [0.2, 0.25) is 0 Å². The van der Waals surface area contributed by atoms with E-state index in [1.807, 2.05) is 70.2 Å². The van der Waals surface area contributed by atoms with Gasteiger partial charge in [-0.15, -0.1) is 0 Å². The van der Waals surface area contributed by atoms with Crippen LogP contribution in [0.15, 0.2) is 47.0 Å². The van der Waals surface area contributed by atoms with Crippen LogP contribution in [0.4, 0.5) is 0 Å². The van der Waals surface area contributed by atoms with Crippen molar-refractivity contribution in [1.29, 1.82) is 0 Å². The molecule has 0 N–H and O–H groups in total. The summed E-state index contributed by atoms with van der Waals surface area (Å²) in [6, 6.07) is 9.78. The number of benzene rings is 1. The van der Waals surface area contributed by atoms with Gasteiger partial charge in [0.25, 0.3) is 5.88 Å². The van der Waals surface area contributed by atoms with Gasteiger partial charge in [-0.05, 0) is 39.3 Å². The Morgan fingerprint density at radius 1 is 1.23 bits per heavy atom. The summed E-state index contributed by atoms with van der Waals surface area (Å²) in [7, 11) is 0. The van der Waals surface area contributed by atoms with Gasteiger partial charge in [-0.3, -0.25) is 9.63 Å². The smallest absolute Gasteiger partial charge is 0.258 e. The molecule has 0 saturated heterocycles. The minimum Gasteiger partial charge on any atom is -0.473 e. The van der Waals surface area contributed by atoms with Crippen molar-refractivity contribution in [3.63, 3.8) is 0 Å². The van der Waals surface area contributed by atoms with Crippen molar-refractivity contribution >= 4 is 6.41 Å². The zero-order valence-corrected chi connectivity index (χ0v) is 15.8. The summed E-state index contributed by atoms with van der Waals surface area (Å²) in [5, 5.41) is 5.29. The van der Waals surface area contributed by atoms with Crippen LogP contribution in [0.1, 0.15) is 33.3 Å². The topological polar surface area (TPSA) is 64.8 Å². The first kappa shape index (κ1) is 19.7. The maximum absolute atomic E-state index is 11.1. The van der Waals surface area contributed by atoms with Crippen molar-refractivity contribution in [1.82, 2.24) is 10.2 Å². The molecule has 2 aromatic rings. The van der Waals surface area contributed by atoms with Gasteiger partial charge >= 0.3 is 0 Å². The van der Waals surface area contributed by atoms with Crippen LogP contribution < -0.4 is 4.74 Å². The SMILES string of the molecule is CC=CCc1c(OCCN(C=O)OC(C)(C)C)noc1-c1ccccc1. The molecule has 26 heavy (non-hydrogen) atoms. The normalized spacial score (nSPS) is 11.7. The van der Waals surface area contributed by atoms with E-state index in [-0.39, 0.29) is 13.2 Å². The third kappa shape index (κ3) is 5.74. The fraction of sp³-hybridized carbons (Fsp3) is 0.400. The third-order valence-electron chi connectivity index (χ3n) is 3.40. The zero-order valence-electron chi connectivity index (χ0n) is 15.8. The Balaban J connectivity index is 2.09. The molecule has 0 aliphatic carbocycles. The second-order valence-electron chi connectivity index (χ2n) is 6.73. The Morgan fingerprint density at radius 3 is 2.58 bits per heavy atom. The quantitative estimate of drug-likeness (QED) is 0.385. The maximum atomic E-state index is 11.1. The average molecular weight is 358 g/mol. The second-order valence-corrected chi connectivity index (χ2v) is 6.73. The van der Waals surface area contributed by atoms with Crippen LogP contribution >= 0.6 is 0 Å². The van der Waals surface area contributed by atoms with Gasteiger partial charge in [0.05, 0.1) is 17.7 Å². The van der Waals surface area contributed by atoms with Gasteiger partial charge in [0.1, 0.15) is 6.61 Å². The average Bonchev–Trinajstić information content (AvgIpc) is 3.01. The Morgan fingerprint density at radius 2 is 1.96 bits per heavy atom. The summed E-state index contributed by atoms with van der Waals surface area (Å²) in [6.07, 6.45) is 5.28. The van der Waals surface area contributed by atoms with Crippen LogP contribution in [0.3, 0.4) is 0 Å². The highest BCUT2D eigenvalue weighted by Crippen LogP contribution is 2.31. The van der Waals surface area contributed by atoms with Gasteiger partial charge < -0.3 is 9.26 Å². The number of hydrogen-bond acceptors (Lipinski definition) is 5. The van der Waals surface area contributed by atoms with Crippen LogP contribution in [-0.4, -0.2) is 35.4 Å². The molecule has 1 aromatic carbocycles. The molecule has 1 amide bonds. The predicted octanol–water partition coefficient (Wildman–Crippen LogP) is 4.03. The maximum Gasteiger partial charge on any atom is 0.258 e. The molecule has 0 saturated carbocycles. The summed E-state index contributed by atoms with van der Waals surface area (Å²) in [6.45, 7) is 8.13. The molecule has 6 heteroatoms. The molecule has 0 bridgehead atoms. The number of carbonyl (C=O) groups excluding carboxylic acids is 1. The van der Waals surface area contributed by atoms with Gasteiger partial charge in [-0.2, -0.15) is 0 Å². The minimum atomic E-state index is -0.452. The van der Waals surface area contributed by atoms with E-state index in [1.54, 1.807) is 0 Å². The monoisotopic (exact) mass is 358 g/mol. The van der Waals surface area contributed by atoms with Gasteiger partial charge in [-0.1, -0.05) is 42.5 Å². The lowest BCUT2D eigenvalue weighted by Gasteiger charge is -2.26. The molecule has 0 radical (unpaired) electrons. The van der Waals surface area contributed by atoms with E-state index >= 15 is 0 Å². The van der Waals surface area contributed by atoms with Crippen LogP contribution in [-0.2, 0) is 16.1 Å². The van der Waals surface area contributed by atoms with Crippen LogP contribution in [0.25, 0.3) is 11.3 Å². The Bertz CT molecular complexity index is 717. The van der Waals surface area contributed by atoms with Crippen molar-refractivity contribution in [2.75, 3.05) is 13.2 Å². The Hall–Kier alpha value is -2.60. The Kier molecular flexibility index (Phi) is 6.97. The van der Waals surface area contributed by atoms with E-state index in [0.717, 1.165) is 11.1 Å². The lowest BCUT2D eigenvalue weighted by atomic mass is 10.1. The number of hydroxylamine groups is 2. The van der Waals surface area contributed by atoms with E-state index in [9.17, 15) is 4.79 Å². The first-order valence-electron chi connectivity index (χ1n) is 8.63. The fourth-order valence-electron chi connectivity index (χ4n) is 2.34. The Labute approximate surface area is 154 Å². The van der Waals surface area contributed by atoms with E-state index in [0.29, 0.717) is 24.5 Å². The molecule has 0 unspecified atom stereocenters. The van der Waals surface area contributed by atoms with Crippen molar-refractivity contribution in [2.24, 2.45) is 0 Å². The molecule has 0 spiro atoms. The number of carbonyl (C=O) groups is 1. The predicted molar refractivity (Wildman–Crippen MR) is 99.6 cm³/mol. The van der Waals surface area contributed by atoms with E-state index in [4.69, 9.17) is 14.1 Å². The number of nitrogens with zero attached hydrogens (tertiary/aromatic N) is 2. The standard InChI is InChI=1S/C20H26N2O4/c1-5-6-12-17-18(16-10-8-7-9-11-16)25-21-19(17)24-14-13-22(15-23)26-20(2,3)4/h5-11,15H,12-14H2,1-4H3. The molecule has 1 aromatic heterocycles. The van der Waals surface area contributed by atoms with Gasteiger partial charge in [-0.25, -0.2) is 5.06 Å². The minimum absolute atomic E-state index is 0.248.